The number of rotatable bonds is 5. The van der Waals surface area contributed by atoms with Crippen LogP contribution in [0, 0.1) is 0 Å². The minimum atomic E-state index is -3.34. The summed E-state index contributed by atoms with van der Waals surface area (Å²) in [5.41, 5.74) is -0.230. The average Bonchev–Trinajstić information content (AvgIpc) is 2.65. The van der Waals surface area contributed by atoms with Crippen molar-refractivity contribution in [2.45, 2.75) is 42.5 Å². The molecule has 0 spiro atoms. The number of sulfonamides is 1. The van der Waals surface area contributed by atoms with Crippen LogP contribution in [0.2, 0.25) is 0 Å². The summed E-state index contributed by atoms with van der Waals surface area (Å²) < 4.78 is 27.5. The quantitative estimate of drug-likeness (QED) is 0.859. The Morgan fingerprint density at radius 2 is 2.12 bits per heavy atom. The lowest BCUT2D eigenvalue weighted by Gasteiger charge is -2.38. The van der Waals surface area contributed by atoms with Gasteiger partial charge in [-0.15, -0.1) is 11.3 Å². The van der Waals surface area contributed by atoms with Crippen molar-refractivity contribution in [1.82, 2.24) is 10.0 Å². The van der Waals surface area contributed by atoms with Gasteiger partial charge < -0.3 is 5.32 Å². The van der Waals surface area contributed by atoms with Gasteiger partial charge >= 0.3 is 0 Å². The maximum Gasteiger partial charge on any atom is 0.250 e. The number of hydrogen-bond acceptors (Lipinski definition) is 4. The molecule has 0 atom stereocenters. The van der Waals surface area contributed by atoms with E-state index in [-0.39, 0.29) is 5.54 Å². The van der Waals surface area contributed by atoms with Gasteiger partial charge in [0, 0.05) is 17.0 Å². The van der Waals surface area contributed by atoms with Crippen molar-refractivity contribution in [2.75, 3.05) is 7.05 Å². The smallest absolute Gasteiger partial charge is 0.250 e. The van der Waals surface area contributed by atoms with Gasteiger partial charge in [-0.1, -0.05) is 0 Å². The Hall–Kier alpha value is -0.430. The maximum absolute atomic E-state index is 12.1. The van der Waals surface area contributed by atoms with Crippen molar-refractivity contribution in [1.29, 1.82) is 0 Å². The topological polar surface area (TPSA) is 58.2 Å². The van der Waals surface area contributed by atoms with E-state index < -0.39 is 10.0 Å². The third kappa shape index (κ3) is 2.88. The third-order valence-corrected chi connectivity index (χ3v) is 6.31. The summed E-state index contributed by atoms with van der Waals surface area (Å²) in [6, 6.07) is 3.54. The molecule has 1 aliphatic carbocycles. The number of thiophene rings is 1. The summed E-state index contributed by atoms with van der Waals surface area (Å²) in [6.45, 7) is 2.67. The molecular weight excluding hydrogens is 256 g/mol. The highest BCUT2D eigenvalue weighted by molar-refractivity contribution is 7.91. The molecule has 1 heterocycles. The molecule has 0 amide bonds. The van der Waals surface area contributed by atoms with Crippen LogP contribution in [0.25, 0.3) is 0 Å². The van der Waals surface area contributed by atoms with E-state index in [0.717, 1.165) is 24.1 Å². The predicted octanol–water partition coefficient (Wildman–Crippen LogP) is 1.69. The normalized spacial score (nSPS) is 18.9. The molecule has 1 aromatic heterocycles. The van der Waals surface area contributed by atoms with Crippen molar-refractivity contribution in [3.63, 3.8) is 0 Å². The van der Waals surface area contributed by atoms with Crippen molar-refractivity contribution in [2.24, 2.45) is 0 Å². The van der Waals surface area contributed by atoms with Gasteiger partial charge in [0.25, 0.3) is 10.0 Å². The summed E-state index contributed by atoms with van der Waals surface area (Å²) in [4.78, 5) is 1.03. The summed E-state index contributed by atoms with van der Waals surface area (Å²) in [5.74, 6) is 0. The van der Waals surface area contributed by atoms with Gasteiger partial charge in [-0.3, -0.25) is 0 Å². The first-order valence-corrected chi connectivity index (χ1v) is 8.02. The van der Waals surface area contributed by atoms with Crippen LogP contribution in [0.3, 0.4) is 0 Å². The van der Waals surface area contributed by atoms with Crippen molar-refractivity contribution >= 4 is 21.4 Å². The van der Waals surface area contributed by atoms with Gasteiger partial charge in [-0.25, -0.2) is 13.1 Å². The van der Waals surface area contributed by atoms with Crippen LogP contribution in [0.4, 0.5) is 0 Å². The Kier molecular flexibility index (Phi) is 3.58. The van der Waals surface area contributed by atoms with Crippen molar-refractivity contribution in [3.8, 4) is 0 Å². The van der Waals surface area contributed by atoms with Gasteiger partial charge in [0.1, 0.15) is 4.21 Å². The highest BCUT2D eigenvalue weighted by atomic mass is 32.2. The molecule has 96 valence electrons. The van der Waals surface area contributed by atoms with Crippen LogP contribution < -0.4 is 10.0 Å². The molecule has 0 bridgehead atoms. The van der Waals surface area contributed by atoms with Crippen molar-refractivity contribution < 1.29 is 8.42 Å². The fourth-order valence-corrected chi connectivity index (χ4v) is 4.79. The fraction of sp³-hybridized carbons (Fsp3) is 0.636. The molecule has 1 fully saturated rings. The van der Waals surface area contributed by atoms with Crippen molar-refractivity contribution in [3.05, 3.63) is 17.0 Å². The van der Waals surface area contributed by atoms with E-state index in [1.165, 1.54) is 11.3 Å². The molecule has 1 aliphatic rings. The summed E-state index contributed by atoms with van der Waals surface area (Å²) >= 11 is 1.33. The Balaban J connectivity index is 2.13. The van der Waals surface area contributed by atoms with E-state index in [2.05, 4.69) is 10.0 Å². The molecule has 2 rings (SSSR count). The second-order valence-electron chi connectivity index (χ2n) is 4.77. The maximum atomic E-state index is 12.1. The van der Waals surface area contributed by atoms with Gasteiger partial charge in [-0.2, -0.15) is 0 Å². The summed E-state index contributed by atoms with van der Waals surface area (Å²) in [5, 5.41) is 3.01. The molecule has 0 radical (unpaired) electrons. The van der Waals surface area contributed by atoms with E-state index in [0.29, 0.717) is 10.8 Å². The fourth-order valence-electron chi connectivity index (χ4n) is 1.96. The van der Waals surface area contributed by atoms with Crippen LogP contribution in [0.1, 0.15) is 31.1 Å². The molecule has 1 aromatic rings. The lowest BCUT2D eigenvalue weighted by Crippen LogP contribution is -2.50. The zero-order chi connectivity index (χ0) is 12.5. The molecule has 0 saturated heterocycles. The largest absolute Gasteiger partial charge is 0.315 e. The molecule has 6 heteroatoms. The standard InChI is InChI=1S/C11H18N2O2S2/c1-11(6-3-7-11)13-17(14,15)10-5-4-9(16-10)8-12-2/h4-5,12-13H,3,6-8H2,1-2H3. The van der Waals surface area contributed by atoms with E-state index in [1.807, 2.05) is 20.0 Å². The predicted molar refractivity (Wildman–Crippen MR) is 69.7 cm³/mol. The third-order valence-electron chi connectivity index (χ3n) is 3.09. The minimum absolute atomic E-state index is 0.230. The van der Waals surface area contributed by atoms with Crippen LogP contribution in [0.5, 0.6) is 0 Å². The van der Waals surface area contributed by atoms with Crippen LogP contribution in [-0.2, 0) is 16.6 Å². The minimum Gasteiger partial charge on any atom is -0.315 e. The van der Waals surface area contributed by atoms with Gasteiger partial charge in [0.05, 0.1) is 0 Å². The zero-order valence-electron chi connectivity index (χ0n) is 10.1. The van der Waals surface area contributed by atoms with Gasteiger partial charge in [0.2, 0.25) is 0 Å². The second-order valence-corrected chi connectivity index (χ2v) is 7.85. The first kappa shape index (κ1) is 13.0. The first-order valence-electron chi connectivity index (χ1n) is 5.72. The lowest BCUT2D eigenvalue weighted by atomic mass is 9.80. The monoisotopic (exact) mass is 274 g/mol. The molecular formula is C11H18N2O2S2. The van der Waals surface area contributed by atoms with Crippen LogP contribution in [0.15, 0.2) is 16.3 Å². The zero-order valence-corrected chi connectivity index (χ0v) is 11.7. The summed E-state index contributed by atoms with van der Waals surface area (Å²) in [6.07, 6.45) is 2.97. The van der Waals surface area contributed by atoms with E-state index in [1.54, 1.807) is 6.07 Å². The Bertz CT molecular complexity index is 489. The average molecular weight is 274 g/mol. The number of nitrogens with one attached hydrogen (secondary N) is 2. The highest BCUT2D eigenvalue weighted by Gasteiger charge is 2.36. The molecule has 2 N–H and O–H groups in total. The first-order chi connectivity index (χ1) is 7.95. The van der Waals surface area contributed by atoms with E-state index in [9.17, 15) is 8.42 Å². The molecule has 0 aliphatic heterocycles. The molecule has 0 aromatic carbocycles. The van der Waals surface area contributed by atoms with E-state index >= 15 is 0 Å². The molecule has 4 nitrogen and oxygen atoms in total. The van der Waals surface area contributed by atoms with Gasteiger partial charge in [0.15, 0.2) is 0 Å². The highest BCUT2D eigenvalue weighted by Crippen LogP contribution is 2.33. The molecule has 0 unspecified atom stereocenters. The lowest BCUT2D eigenvalue weighted by molar-refractivity contribution is 0.248. The van der Waals surface area contributed by atoms with Gasteiger partial charge in [-0.05, 0) is 45.4 Å². The van der Waals surface area contributed by atoms with Crippen LogP contribution >= 0.6 is 11.3 Å². The number of hydrogen-bond donors (Lipinski definition) is 2. The Morgan fingerprint density at radius 3 is 2.65 bits per heavy atom. The van der Waals surface area contributed by atoms with Crippen LogP contribution in [-0.4, -0.2) is 21.0 Å². The molecule has 1 saturated carbocycles. The van der Waals surface area contributed by atoms with E-state index in [4.69, 9.17) is 0 Å². The summed E-state index contributed by atoms with van der Waals surface area (Å²) in [7, 11) is -1.49. The second kappa shape index (κ2) is 4.68. The molecule has 17 heavy (non-hydrogen) atoms. The Labute approximate surface area is 106 Å². The Morgan fingerprint density at radius 1 is 1.41 bits per heavy atom. The SMILES string of the molecule is CNCc1ccc(S(=O)(=O)NC2(C)CCC2)s1.